The Bertz CT molecular complexity index is 844. The van der Waals surface area contributed by atoms with Crippen molar-refractivity contribution in [2.24, 2.45) is 0 Å². The summed E-state index contributed by atoms with van der Waals surface area (Å²) in [7, 11) is 0. The molecule has 2 nitrogen and oxygen atoms in total. The summed E-state index contributed by atoms with van der Waals surface area (Å²) < 4.78 is 0. The third-order valence-corrected chi connectivity index (χ3v) is 4.19. The summed E-state index contributed by atoms with van der Waals surface area (Å²) in [4.78, 5) is 10.8. The van der Waals surface area contributed by atoms with Crippen LogP contribution in [0.15, 0.2) is 48.5 Å². The fourth-order valence-corrected chi connectivity index (χ4v) is 2.83. The van der Waals surface area contributed by atoms with Crippen LogP contribution in [0.3, 0.4) is 0 Å². The number of hydrogen-bond donors (Lipinski definition) is 1. The molecule has 1 aliphatic rings. The minimum absolute atomic E-state index is 0.169. The molecule has 0 aliphatic heterocycles. The van der Waals surface area contributed by atoms with Crippen molar-refractivity contribution in [2.45, 2.75) is 25.7 Å². The number of carboxylic acids is 1. The Morgan fingerprint density at radius 1 is 1.04 bits per heavy atom. The predicted octanol–water partition coefficient (Wildman–Crippen LogP) is 4.48. The summed E-state index contributed by atoms with van der Waals surface area (Å²) in [6, 6.07) is 12.9. The zero-order chi connectivity index (χ0) is 16.4. The first kappa shape index (κ1) is 15.1. The molecule has 23 heavy (non-hydrogen) atoms. The fraction of sp³-hybridized carbons (Fsp3) is 0.190. The number of benzene rings is 2. The van der Waals surface area contributed by atoms with E-state index in [1.54, 1.807) is 24.3 Å². The van der Waals surface area contributed by atoms with Gasteiger partial charge in [-0.15, -0.1) is 0 Å². The second kappa shape index (κ2) is 5.78. The molecular weight excluding hydrogens is 284 g/mol. The van der Waals surface area contributed by atoms with E-state index in [9.17, 15) is 4.79 Å². The molecule has 114 valence electrons. The smallest absolute Gasteiger partial charge is 0.335 e. The highest BCUT2D eigenvalue weighted by molar-refractivity contribution is 5.87. The molecule has 2 heteroatoms. The van der Waals surface area contributed by atoms with Crippen molar-refractivity contribution in [3.63, 3.8) is 0 Å². The van der Waals surface area contributed by atoms with Gasteiger partial charge in [0, 0.05) is 11.1 Å². The van der Waals surface area contributed by atoms with E-state index in [2.05, 4.69) is 56.0 Å². The Hall–Kier alpha value is -2.79. The molecule has 0 bridgehead atoms. The molecule has 1 N–H and O–H groups in total. The van der Waals surface area contributed by atoms with Crippen molar-refractivity contribution in [3.05, 3.63) is 76.4 Å². The largest absolute Gasteiger partial charge is 0.478 e. The van der Waals surface area contributed by atoms with Crippen LogP contribution in [0.1, 0.15) is 52.9 Å². The fourth-order valence-electron chi connectivity index (χ4n) is 2.83. The maximum absolute atomic E-state index is 10.8. The van der Waals surface area contributed by atoms with Crippen LogP contribution in [-0.4, -0.2) is 11.1 Å². The Kier molecular flexibility index (Phi) is 3.80. The van der Waals surface area contributed by atoms with Crippen LogP contribution < -0.4 is 0 Å². The number of rotatable bonds is 1. The van der Waals surface area contributed by atoms with E-state index in [1.807, 2.05) is 0 Å². The molecule has 0 atom stereocenters. The van der Waals surface area contributed by atoms with Gasteiger partial charge in [0.2, 0.25) is 0 Å². The summed E-state index contributed by atoms with van der Waals surface area (Å²) >= 11 is 0. The van der Waals surface area contributed by atoms with E-state index in [0.717, 1.165) is 17.5 Å². The highest BCUT2D eigenvalue weighted by Gasteiger charge is 2.24. The molecule has 0 heterocycles. The minimum atomic E-state index is -0.923. The Morgan fingerprint density at radius 2 is 1.70 bits per heavy atom. The Balaban J connectivity index is 1.88. The van der Waals surface area contributed by atoms with Gasteiger partial charge in [-0.1, -0.05) is 43.9 Å². The van der Waals surface area contributed by atoms with Gasteiger partial charge in [-0.25, -0.2) is 4.79 Å². The maximum Gasteiger partial charge on any atom is 0.335 e. The van der Waals surface area contributed by atoms with Crippen molar-refractivity contribution < 1.29 is 9.90 Å². The van der Waals surface area contributed by atoms with Crippen LogP contribution in [0, 0.1) is 11.8 Å². The van der Waals surface area contributed by atoms with Crippen molar-refractivity contribution in [1.82, 2.24) is 0 Å². The van der Waals surface area contributed by atoms with Gasteiger partial charge in [0.1, 0.15) is 0 Å². The molecular formula is C21H18O2. The van der Waals surface area contributed by atoms with E-state index < -0.39 is 5.97 Å². The Labute approximate surface area is 136 Å². The lowest BCUT2D eigenvalue weighted by molar-refractivity contribution is 0.0697. The lowest BCUT2D eigenvalue weighted by Gasteiger charge is -2.29. The number of hydrogen-bond acceptors (Lipinski definition) is 1. The summed E-state index contributed by atoms with van der Waals surface area (Å²) in [6.45, 7) is 4.51. The molecule has 0 unspecified atom stereocenters. The average Bonchev–Trinajstić information content (AvgIpc) is 2.53. The highest BCUT2D eigenvalue weighted by atomic mass is 16.4. The molecule has 0 amide bonds. The summed E-state index contributed by atoms with van der Waals surface area (Å²) in [5.74, 6) is 5.32. The normalized spacial score (nSPS) is 14.5. The van der Waals surface area contributed by atoms with Gasteiger partial charge in [0.25, 0.3) is 0 Å². The molecule has 0 radical (unpaired) electrons. The van der Waals surface area contributed by atoms with Crippen LogP contribution in [-0.2, 0) is 5.41 Å². The molecule has 0 fully saturated rings. The molecule has 3 rings (SSSR count). The first-order valence-corrected chi connectivity index (χ1v) is 7.62. The third-order valence-electron chi connectivity index (χ3n) is 4.19. The maximum atomic E-state index is 10.8. The number of fused-ring (bicyclic) bond motifs is 1. The number of aromatic carboxylic acids is 1. The first-order chi connectivity index (χ1) is 11.0. The summed E-state index contributed by atoms with van der Waals surface area (Å²) in [5.41, 5.74) is 4.81. The van der Waals surface area contributed by atoms with Crippen molar-refractivity contribution >= 4 is 12.0 Å². The topological polar surface area (TPSA) is 37.3 Å². The average molecular weight is 302 g/mol. The van der Waals surface area contributed by atoms with Crippen LogP contribution in [0.2, 0.25) is 0 Å². The van der Waals surface area contributed by atoms with Crippen LogP contribution in [0.4, 0.5) is 0 Å². The molecule has 2 aromatic rings. The second-order valence-electron chi connectivity index (χ2n) is 6.42. The number of allylic oxidation sites excluding steroid dienone is 1. The van der Waals surface area contributed by atoms with Gasteiger partial charge in [0.15, 0.2) is 0 Å². The van der Waals surface area contributed by atoms with Crippen LogP contribution in [0.5, 0.6) is 0 Å². The standard InChI is InChI=1S/C21H18O2/c1-21(2)13-3-4-18-14-16(9-12-19(18)21)6-5-15-7-10-17(11-8-15)20(22)23/h3-4,7-12,14H,13H2,1-2H3,(H,22,23). The van der Waals surface area contributed by atoms with Crippen molar-refractivity contribution in [3.8, 4) is 11.8 Å². The highest BCUT2D eigenvalue weighted by Crippen LogP contribution is 2.35. The molecule has 0 saturated heterocycles. The SMILES string of the molecule is CC1(C)CC=Cc2cc(C#Cc3ccc(C(=O)O)cc3)ccc21. The molecule has 0 saturated carbocycles. The third kappa shape index (κ3) is 3.19. The molecule has 0 spiro atoms. The summed E-state index contributed by atoms with van der Waals surface area (Å²) in [5, 5.41) is 8.90. The van der Waals surface area contributed by atoms with Gasteiger partial charge < -0.3 is 5.11 Å². The van der Waals surface area contributed by atoms with Gasteiger partial charge in [-0.3, -0.25) is 0 Å². The van der Waals surface area contributed by atoms with Gasteiger partial charge >= 0.3 is 5.97 Å². The van der Waals surface area contributed by atoms with E-state index in [-0.39, 0.29) is 11.0 Å². The van der Waals surface area contributed by atoms with Crippen molar-refractivity contribution in [2.75, 3.05) is 0 Å². The number of carbonyl (C=O) groups is 1. The lowest BCUT2D eigenvalue weighted by Crippen LogP contribution is -2.19. The number of carboxylic acid groups (broad SMARTS) is 1. The minimum Gasteiger partial charge on any atom is -0.478 e. The van der Waals surface area contributed by atoms with Crippen molar-refractivity contribution in [1.29, 1.82) is 0 Å². The lowest BCUT2D eigenvalue weighted by atomic mass is 9.75. The van der Waals surface area contributed by atoms with Gasteiger partial charge in [-0.2, -0.15) is 0 Å². The predicted molar refractivity (Wildman–Crippen MR) is 92.5 cm³/mol. The summed E-state index contributed by atoms with van der Waals surface area (Å²) in [6.07, 6.45) is 5.43. The van der Waals surface area contributed by atoms with E-state index in [0.29, 0.717) is 0 Å². The zero-order valence-corrected chi connectivity index (χ0v) is 13.3. The van der Waals surface area contributed by atoms with Crippen LogP contribution in [0.25, 0.3) is 6.08 Å². The van der Waals surface area contributed by atoms with Gasteiger partial charge in [0.05, 0.1) is 5.56 Å². The zero-order valence-electron chi connectivity index (χ0n) is 13.3. The van der Waals surface area contributed by atoms with Gasteiger partial charge in [-0.05, 0) is 59.4 Å². The second-order valence-corrected chi connectivity index (χ2v) is 6.42. The first-order valence-electron chi connectivity index (χ1n) is 7.62. The molecule has 2 aromatic carbocycles. The quantitative estimate of drug-likeness (QED) is 0.789. The van der Waals surface area contributed by atoms with E-state index in [1.165, 1.54) is 11.1 Å². The molecule has 1 aliphatic carbocycles. The van der Waals surface area contributed by atoms with E-state index in [4.69, 9.17) is 5.11 Å². The molecule has 0 aromatic heterocycles. The monoisotopic (exact) mass is 302 g/mol. The Morgan fingerprint density at radius 3 is 2.39 bits per heavy atom. The van der Waals surface area contributed by atoms with Crippen LogP contribution >= 0.6 is 0 Å². The van der Waals surface area contributed by atoms with E-state index >= 15 is 0 Å².